The van der Waals surface area contributed by atoms with E-state index in [0.29, 0.717) is 12.8 Å². The second kappa shape index (κ2) is 58.9. The van der Waals surface area contributed by atoms with E-state index < -0.39 is 12.1 Å². The molecule has 0 spiro atoms. The molecule has 0 aromatic rings. The maximum atomic E-state index is 12.5. The lowest BCUT2D eigenvalue weighted by atomic mass is 10.0. The largest absolute Gasteiger partial charge is 0.394 e. The summed E-state index contributed by atoms with van der Waals surface area (Å²) in [5.74, 6) is -0.0247. The van der Waals surface area contributed by atoms with Crippen molar-refractivity contribution < 1.29 is 15.0 Å². The Morgan fingerprint density at radius 3 is 0.910 bits per heavy atom. The molecule has 0 aliphatic carbocycles. The summed E-state index contributed by atoms with van der Waals surface area (Å²) < 4.78 is 0. The molecule has 0 bridgehead atoms. The maximum absolute atomic E-state index is 12.5. The van der Waals surface area contributed by atoms with E-state index in [1.54, 1.807) is 0 Å². The molecule has 0 heterocycles. The minimum atomic E-state index is -0.657. The van der Waals surface area contributed by atoms with Crippen LogP contribution >= 0.6 is 0 Å². The number of allylic oxidation sites excluding steroid dienone is 6. The first-order valence-corrected chi connectivity index (χ1v) is 30.7. The minimum Gasteiger partial charge on any atom is -0.394 e. The van der Waals surface area contributed by atoms with Gasteiger partial charge in [-0.2, -0.15) is 0 Å². The number of aliphatic hydroxyl groups is 2. The van der Waals surface area contributed by atoms with Gasteiger partial charge < -0.3 is 15.5 Å². The first-order valence-electron chi connectivity index (χ1n) is 30.7. The van der Waals surface area contributed by atoms with Crippen LogP contribution in [0.5, 0.6) is 0 Å². The van der Waals surface area contributed by atoms with Gasteiger partial charge in [-0.3, -0.25) is 4.79 Å². The third-order valence-electron chi connectivity index (χ3n) is 14.4. The standard InChI is InChI=1S/C63H121NO3/c1-3-5-7-9-11-13-15-17-19-21-22-23-24-25-26-27-28-29-30-31-32-33-34-35-36-37-38-39-40-41-42-43-45-47-49-51-53-55-57-59-63(67)64-61(60-65)62(66)58-56-54-52-50-48-46-44-20-18-16-14-12-10-8-6-4-2/h15,17,21-22,24-25,61-62,65-66H,3-14,16,18-20,23,26-60H2,1-2H3,(H,64,67)/b17-15-,22-21-,25-24-. The Labute approximate surface area is 421 Å². The van der Waals surface area contributed by atoms with Crippen molar-refractivity contribution in [2.24, 2.45) is 0 Å². The zero-order valence-corrected chi connectivity index (χ0v) is 45.7. The van der Waals surface area contributed by atoms with Crippen molar-refractivity contribution >= 4 is 5.91 Å². The first kappa shape index (κ1) is 65.6. The monoisotopic (exact) mass is 940 g/mol. The summed E-state index contributed by atoms with van der Waals surface area (Å²) >= 11 is 0. The summed E-state index contributed by atoms with van der Waals surface area (Å²) in [7, 11) is 0. The number of hydrogen-bond acceptors (Lipinski definition) is 3. The molecule has 0 aliphatic rings. The fourth-order valence-corrected chi connectivity index (χ4v) is 9.73. The lowest BCUT2D eigenvalue weighted by Crippen LogP contribution is -2.45. The van der Waals surface area contributed by atoms with E-state index in [0.717, 1.165) is 38.5 Å². The topological polar surface area (TPSA) is 69.6 Å². The van der Waals surface area contributed by atoms with Gasteiger partial charge in [0.2, 0.25) is 5.91 Å². The molecule has 0 fully saturated rings. The Morgan fingerprint density at radius 2 is 0.612 bits per heavy atom. The Bertz CT molecular complexity index is 1020. The molecule has 1 amide bonds. The zero-order valence-electron chi connectivity index (χ0n) is 45.7. The molecule has 396 valence electrons. The van der Waals surface area contributed by atoms with Crippen LogP contribution in [-0.4, -0.2) is 34.9 Å². The van der Waals surface area contributed by atoms with E-state index >= 15 is 0 Å². The molecule has 2 atom stereocenters. The van der Waals surface area contributed by atoms with Crippen LogP contribution in [0.2, 0.25) is 0 Å². The van der Waals surface area contributed by atoms with Gasteiger partial charge in [0.05, 0.1) is 18.8 Å². The van der Waals surface area contributed by atoms with E-state index in [1.165, 1.54) is 276 Å². The molecular formula is C63H121NO3. The molecule has 4 nitrogen and oxygen atoms in total. The number of rotatable bonds is 57. The van der Waals surface area contributed by atoms with Crippen molar-refractivity contribution in [1.29, 1.82) is 0 Å². The van der Waals surface area contributed by atoms with Gasteiger partial charge in [-0.15, -0.1) is 0 Å². The highest BCUT2D eigenvalue weighted by atomic mass is 16.3. The highest BCUT2D eigenvalue weighted by Gasteiger charge is 2.20. The number of carbonyl (C=O) groups excluding carboxylic acids is 1. The number of hydrogen-bond donors (Lipinski definition) is 3. The number of nitrogens with one attached hydrogen (secondary N) is 1. The summed E-state index contributed by atoms with van der Waals surface area (Å²) in [6.45, 7) is 4.37. The summed E-state index contributed by atoms with van der Waals surface area (Å²) in [6, 6.07) is -0.534. The molecule has 0 aromatic carbocycles. The quantitative estimate of drug-likeness (QED) is 0.0420. The molecule has 67 heavy (non-hydrogen) atoms. The van der Waals surface area contributed by atoms with Crippen molar-refractivity contribution in [3.05, 3.63) is 36.5 Å². The molecule has 2 unspecified atom stereocenters. The van der Waals surface area contributed by atoms with Gasteiger partial charge in [-0.25, -0.2) is 0 Å². The fraction of sp³-hybridized carbons (Fsp3) is 0.889. The van der Waals surface area contributed by atoms with Crippen molar-refractivity contribution in [2.75, 3.05) is 6.61 Å². The van der Waals surface area contributed by atoms with Gasteiger partial charge in [-0.05, 0) is 51.4 Å². The number of carbonyl (C=O) groups is 1. The summed E-state index contributed by atoms with van der Waals surface area (Å²) in [5.41, 5.74) is 0. The molecule has 3 N–H and O–H groups in total. The lowest BCUT2D eigenvalue weighted by Gasteiger charge is -2.22. The highest BCUT2D eigenvalue weighted by molar-refractivity contribution is 5.76. The third-order valence-corrected chi connectivity index (χ3v) is 14.4. The van der Waals surface area contributed by atoms with Gasteiger partial charge in [0, 0.05) is 6.42 Å². The van der Waals surface area contributed by atoms with Crippen LogP contribution < -0.4 is 5.32 Å². The maximum Gasteiger partial charge on any atom is 0.220 e. The van der Waals surface area contributed by atoms with Crippen molar-refractivity contribution in [1.82, 2.24) is 5.32 Å². The van der Waals surface area contributed by atoms with E-state index in [4.69, 9.17) is 0 Å². The normalized spacial score (nSPS) is 13.0. The van der Waals surface area contributed by atoms with Gasteiger partial charge >= 0.3 is 0 Å². The van der Waals surface area contributed by atoms with Crippen LogP contribution in [0.1, 0.15) is 341 Å². The van der Waals surface area contributed by atoms with E-state index in [9.17, 15) is 15.0 Å². The van der Waals surface area contributed by atoms with E-state index in [1.807, 2.05) is 0 Å². The molecular weight excluding hydrogens is 819 g/mol. The predicted octanol–water partition coefficient (Wildman–Crippen LogP) is 20.4. The summed E-state index contributed by atoms with van der Waals surface area (Å²) in [6.07, 6.45) is 80.2. The number of amides is 1. The van der Waals surface area contributed by atoms with Crippen molar-refractivity contribution in [2.45, 2.75) is 353 Å². The first-order chi connectivity index (χ1) is 33.2. The number of unbranched alkanes of at least 4 members (excludes halogenated alkanes) is 44. The van der Waals surface area contributed by atoms with Gasteiger partial charge in [0.25, 0.3) is 0 Å². The molecule has 0 rings (SSSR count). The second-order valence-corrected chi connectivity index (χ2v) is 21.1. The van der Waals surface area contributed by atoms with E-state index in [-0.39, 0.29) is 12.5 Å². The molecule has 0 aliphatic heterocycles. The predicted molar refractivity (Wildman–Crippen MR) is 299 cm³/mol. The Balaban J connectivity index is 3.37. The fourth-order valence-electron chi connectivity index (χ4n) is 9.73. The average Bonchev–Trinajstić information content (AvgIpc) is 3.33. The summed E-state index contributed by atoms with van der Waals surface area (Å²) in [4.78, 5) is 12.5. The van der Waals surface area contributed by atoms with Crippen LogP contribution in [0.25, 0.3) is 0 Å². The van der Waals surface area contributed by atoms with Crippen molar-refractivity contribution in [3.63, 3.8) is 0 Å². The SMILES string of the molecule is CCCCCCC/C=C\C/C=C\C/C=C\CCCCCCCCCCCCCCCCCCCCCCCCCCC(=O)NC(CO)C(O)CCCCCCCCCCCCCCCCCC. The van der Waals surface area contributed by atoms with Crippen molar-refractivity contribution in [3.8, 4) is 0 Å². The second-order valence-electron chi connectivity index (χ2n) is 21.1. The average molecular weight is 941 g/mol. The van der Waals surface area contributed by atoms with Gasteiger partial charge in [0.1, 0.15) is 0 Å². The Hall–Kier alpha value is -1.39. The van der Waals surface area contributed by atoms with E-state index in [2.05, 4.69) is 55.6 Å². The zero-order chi connectivity index (χ0) is 48.5. The van der Waals surface area contributed by atoms with Crippen LogP contribution in [-0.2, 0) is 4.79 Å². The third kappa shape index (κ3) is 55.4. The van der Waals surface area contributed by atoms with Crippen LogP contribution in [0.4, 0.5) is 0 Å². The smallest absolute Gasteiger partial charge is 0.220 e. The Kier molecular flexibility index (Phi) is 57.7. The molecule has 0 radical (unpaired) electrons. The molecule has 0 aromatic heterocycles. The molecule has 0 saturated carbocycles. The van der Waals surface area contributed by atoms with Crippen LogP contribution in [0.15, 0.2) is 36.5 Å². The minimum absolute atomic E-state index is 0.0247. The van der Waals surface area contributed by atoms with Crippen LogP contribution in [0.3, 0.4) is 0 Å². The number of aliphatic hydroxyl groups excluding tert-OH is 2. The van der Waals surface area contributed by atoms with Gasteiger partial charge in [-0.1, -0.05) is 320 Å². The molecule has 0 saturated heterocycles. The highest BCUT2D eigenvalue weighted by Crippen LogP contribution is 2.18. The Morgan fingerprint density at radius 1 is 0.358 bits per heavy atom. The summed E-state index contributed by atoms with van der Waals surface area (Å²) in [5, 5.41) is 23.3. The molecule has 4 heteroatoms. The van der Waals surface area contributed by atoms with Crippen LogP contribution in [0, 0.1) is 0 Å². The van der Waals surface area contributed by atoms with Gasteiger partial charge in [0.15, 0.2) is 0 Å². The lowest BCUT2D eigenvalue weighted by molar-refractivity contribution is -0.123.